The van der Waals surface area contributed by atoms with Gasteiger partial charge in [0.25, 0.3) is 5.91 Å². The number of carbonyl (C=O) groups excluding carboxylic acids is 2. The van der Waals surface area contributed by atoms with Gasteiger partial charge in [0, 0.05) is 26.2 Å². The third-order valence-corrected chi connectivity index (χ3v) is 4.47. The molecule has 26 heavy (non-hydrogen) atoms. The van der Waals surface area contributed by atoms with Gasteiger partial charge in [-0.1, -0.05) is 18.7 Å². The summed E-state index contributed by atoms with van der Waals surface area (Å²) in [6.07, 6.45) is 1.67. The average Bonchev–Trinajstić information content (AvgIpc) is 2.91. The molecule has 3 rings (SSSR count). The van der Waals surface area contributed by atoms with Crippen LogP contribution in [0.3, 0.4) is 0 Å². The number of para-hydroxylation sites is 2. The number of carbonyl (C=O) groups is 2. The molecule has 0 saturated carbocycles. The zero-order valence-corrected chi connectivity index (χ0v) is 14.9. The fourth-order valence-electron chi connectivity index (χ4n) is 3.07. The summed E-state index contributed by atoms with van der Waals surface area (Å²) in [5.74, 6) is 0.804. The molecule has 7 nitrogen and oxygen atoms in total. The van der Waals surface area contributed by atoms with Gasteiger partial charge in [-0.05, 0) is 31.6 Å². The molecule has 1 N–H and O–H groups in total. The van der Waals surface area contributed by atoms with E-state index in [0.29, 0.717) is 37.7 Å². The Bertz CT molecular complexity index is 692. The summed E-state index contributed by atoms with van der Waals surface area (Å²) in [5, 5.41) is 2.72. The molecule has 1 saturated heterocycles. The van der Waals surface area contributed by atoms with Gasteiger partial charge in [0.15, 0.2) is 11.5 Å². The predicted octanol–water partition coefficient (Wildman–Crippen LogP) is 1.14. The van der Waals surface area contributed by atoms with Crippen LogP contribution in [0.15, 0.2) is 36.9 Å². The molecule has 1 aromatic rings. The van der Waals surface area contributed by atoms with Crippen molar-refractivity contribution in [2.45, 2.75) is 25.0 Å². The second-order valence-electron chi connectivity index (χ2n) is 6.62. The van der Waals surface area contributed by atoms with E-state index in [1.54, 1.807) is 17.9 Å². The van der Waals surface area contributed by atoms with E-state index in [1.807, 2.05) is 18.2 Å². The molecule has 2 unspecified atom stereocenters. The van der Waals surface area contributed by atoms with Crippen molar-refractivity contribution in [3.63, 3.8) is 0 Å². The van der Waals surface area contributed by atoms with E-state index in [2.05, 4.69) is 11.9 Å². The van der Waals surface area contributed by atoms with Crippen LogP contribution < -0.4 is 14.8 Å². The topological polar surface area (TPSA) is 77.1 Å². The Morgan fingerprint density at radius 1 is 1.38 bits per heavy atom. The van der Waals surface area contributed by atoms with Gasteiger partial charge < -0.3 is 24.4 Å². The molecule has 1 aromatic carbocycles. The molecule has 2 atom stereocenters. The lowest BCUT2D eigenvalue weighted by Gasteiger charge is -2.38. The lowest BCUT2D eigenvalue weighted by Crippen LogP contribution is -2.57. The van der Waals surface area contributed by atoms with Gasteiger partial charge in [0.2, 0.25) is 11.5 Å². The van der Waals surface area contributed by atoms with Crippen molar-refractivity contribution in [3.05, 3.63) is 36.9 Å². The van der Waals surface area contributed by atoms with Crippen molar-refractivity contribution >= 4 is 11.8 Å². The van der Waals surface area contributed by atoms with Gasteiger partial charge in [-0.15, -0.1) is 0 Å². The number of hydrogen-bond donors (Lipinski definition) is 1. The minimum absolute atomic E-state index is 0.141. The van der Waals surface area contributed by atoms with Gasteiger partial charge in [-0.25, -0.2) is 0 Å². The quantitative estimate of drug-likeness (QED) is 0.815. The molecule has 0 aromatic heterocycles. The molecule has 2 aliphatic rings. The Kier molecular flexibility index (Phi) is 5.46. The Morgan fingerprint density at radius 2 is 2.15 bits per heavy atom. The van der Waals surface area contributed by atoms with E-state index in [1.165, 1.54) is 6.08 Å². The van der Waals surface area contributed by atoms with Crippen LogP contribution in [0.5, 0.6) is 11.5 Å². The number of nitrogens with zero attached hydrogens (tertiary/aromatic N) is 1. The highest BCUT2D eigenvalue weighted by atomic mass is 16.6. The van der Waals surface area contributed by atoms with Crippen molar-refractivity contribution in [1.82, 2.24) is 10.2 Å². The minimum atomic E-state index is -1.09. The molecule has 0 aliphatic carbocycles. The number of hydrogen-bond acceptors (Lipinski definition) is 5. The highest BCUT2D eigenvalue weighted by Crippen LogP contribution is 2.35. The molecular weight excluding hydrogens is 336 g/mol. The maximum Gasteiger partial charge on any atom is 0.270 e. The van der Waals surface area contributed by atoms with E-state index in [4.69, 9.17) is 14.2 Å². The molecule has 2 amide bonds. The summed E-state index contributed by atoms with van der Waals surface area (Å²) in [5.41, 5.74) is -1.09. The van der Waals surface area contributed by atoms with Gasteiger partial charge >= 0.3 is 0 Å². The smallest absolute Gasteiger partial charge is 0.270 e. The van der Waals surface area contributed by atoms with E-state index in [9.17, 15) is 9.59 Å². The van der Waals surface area contributed by atoms with Crippen molar-refractivity contribution < 1.29 is 23.8 Å². The SMILES string of the molecule is C=CC(=O)NCC1CN(C(=O)C2(C)COc3ccccc3O2)CCCO1. The highest BCUT2D eigenvalue weighted by Gasteiger charge is 2.44. The highest BCUT2D eigenvalue weighted by molar-refractivity contribution is 5.87. The van der Waals surface area contributed by atoms with Gasteiger partial charge in [-0.3, -0.25) is 9.59 Å². The third-order valence-electron chi connectivity index (χ3n) is 4.47. The lowest BCUT2D eigenvalue weighted by atomic mass is 10.0. The number of fused-ring (bicyclic) bond motifs is 1. The van der Waals surface area contributed by atoms with Crippen LogP contribution in [-0.2, 0) is 14.3 Å². The fourth-order valence-corrected chi connectivity index (χ4v) is 3.07. The van der Waals surface area contributed by atoms with Crippen LogP contribution in [-0.4, -0.2) is 61.3 Å². The summed E-state index contributed by atoms with van der Waals surface area (Å²) < 4.78 is 17.5. The predicted molar refractivity (Wildman–Crippen MR) is 95.1 cm³/mol. The molecule has 2 aliphatic heterocycles. The molecule has 2 heterocycles. The first-order valence-electron chi connectivity index (χ1n) is 8.74. The molecule has 0 spiro atoms. The Labute approximate surface area is 152 Å². The number of rotatable bonds is 4. The van der Waals surface area contributed by atoms with Gasteiger partial charge in [0.1, 0.15) is 6.61 Å². The molecular formula is C19H24N2O5. The van der Waals surface area contributed by atoms with Crippen LogP contribution in [0.4, 0.5) is 0 Å². The largest absolute Gasteiger partial charge is 0.485 e. The van der Waals surface area contributed by atoms with Crippen molar-refractivity contribution in [1.29, 1.82) is 0 Å². The summed E-state index contributed by atoms with van der Waals surface area (Å²) in [6, 6.07) is 7.31. The van der Waals surface area contributed by atoms with Crippen molar-refractivity contribution in [3.8, 4) is 11.5 Å². The van der Waals surface area contributed by atoms with E-state index in [0.717, 1.165) is 6.42 Å². The Hall–Kier alpha value is -2.54. The monoisotopic (exact) mass is 360 g/mol. The summed E-state index contributed by atoms with van der Waals surface area (Å²) >= 11 is 0. The summed E-state index contributed by atoms with van der Waals surface area (Å²) in [4.78, 5) is 26.2. The average molecular weight is 360 g/mol. The molecule has 0 radical (unpaired) electrons. The van der Waals surface area contributed by atoms with Crippen LogP contribution >= 0.6 is 0 Å². The number of ether oxygens (including phenoxy) is 3. The lowest BCUT2D eigenvalue weighted by molar-refractivity contribution is -0.152. The molecule has 0 bridgehead atoms. The van der Waals surface area contributed by atoms with Crippen molar-refractivity contribution in [2.75, 3.05) is 32.8 Å². The first kappa shape index (κ1) is 18.3. The first-order valence-corrected chi connectivity index (χ1v) is 8.74. The van der Waals surface area contributed by atoms with Crippen LogP contribution in [0.25, 0.3) is 0 Å². The summed E-state index contributed by atoms with van der Waals surface area (Å²) in [6.45, 7) is 7.14. The zero-order valence-electron chi connectivity index (χ0n) is 14.9. The van der Waals surface area contributed by atoms with E-state index >= 15 is 0 Å². The number of amides is 2. The molecule has 140 valence electrons. The standard InChI is InChI=1S/C19H24N2O5/c1-3-17(22)20-11-14-12-21(9-6-10-24-14)18(23)19(2)13-25-15-7-4-5-8-16(15)26-19/h3-5,7-8,14H,1,6,9-13H2,2H3,(H,20,22). The molecule has 1 fully saturated rings. The van der Waals surface area contributed by atoms with Crippen molar-refractivity contribution in [2.24, 2.45) is 0 Å². The second-order valence-corrected chi connectivity index (χ2v) is 6.62. The van der Waals surface area contributed by atoms with Crippen LogP contribution in [0.1, 0.15) is 13.3 Å². The Morgan fingerprint density at radius 3 is 2.92 bits per heavy atom. The van der Waals surface area contributed by atoms with Crippen LogP contribution in [0, 0.1) is 0 Å². The van der Waals surface area contributed by atoms with E-state index < -0.39 is 5.60 Å². The normalized spacial score (nSPS) is 25.1. The first-order chi connectivity index (χ1) is 12.5. The maximum atomic E-state index is 13.1. The van der Waals surface area contributed by atoms with Gasteiger partial charge in [-0.2, -0.15) is 0 Å². The zero-order chi connectivity index (χ0) is 18.6. The van der Waals surface area contributed by atoms with Gasteiger partial charge in [0.05, 0.1) is 6.10 Å². The minimum Gasteiger partial charge on any atom is -0.485 e. The fraction of sp³-hybridized carbons (Fsp3) is 0.474. The van der Waals surface area contributed by atoms with E-state index in [-0.39, 0.29) is 24.5 Å². The second kappa shape index (κ2) is 7.78. The van der Waals surface area contributed by atoms with Crippen LogP contribution in [0.2, 0.25) is 0 Å². The molecule has 7 heteroatoms. The number of nitrogens with one attached hydrogen (secondary N) is 1. The number of benzene rings is 1. The third kappa shape index (κ3) is 3.99. The Balaban J connectivity index is 1.67. The maximum absolute atomic E-state index is 13.1. The summed E-state index contributed by atoms with van der Waals surface area (Å²) in [7, 11) is 0.